The normalized spacial score (nSPS) is 10.9. The number of thiocarbonyl (C=S) groups is 1. The van der Waals surface area contributed by atoms with Gasteiger partial charge in [0.05, 0.1) is 17.2 Å². The molecule has 0 bridgehead atoms. The molecule has 3 aromatic rings. The molecule has 0 heterocycles. The number of hydrogen-bond acceptors (Lipinski definition) is 5. The van der Waals surface area contributed by atoms with Crippen LogP contribution in [0.5, 0.6) is 5.75 Å². The molecule has 3 rings (SSSR count). The molecule has 0 aliphatic heterocycles. The van der Waals surface area contributed by atoms with Crippen LogP contribution in [0.4, 0.5) is 11.4 Å². The number of hydrogen-bond donors (Lipinski definition) is 3. The lowest BCUT2D eigenvalue weighted by Crippen LogP contribution is -2.34. The van der Waals surface area contributed by atoms with Crippen molar-refractivity contribution in [2.45, 2.75) is 25.7 Å². The number of carbonyl (C=O) groups excluding carboxylic acids is 1. The van der Waals surface area contributed by atoms with Gasteiger partial charge in [0.1, 0.15) is 13.6 Å². The lowest BCUT2D eigenvalue weighted by molar-refractivity contribution is 0.0978. The Bertz CT molecular complexity index is 1310. The molecular weight excluding hydrogens is 469 g/mol. The Hall–Kier alpha value is -3.37. The monoisotopic (exact) mass is 495 g/mol. The van der Waals surface area contributed by atoms with Crippen LogP contribution < -0.4 is 25.6 Å². The molecule has 0 unspecified atom stereocenters. The van der Waals surface area contributed by atoms with Gasteiger partial charge in [0.15, 0.2) is 5.11 Å². The van der Waals surface area contributed by atoms with Gasteiger partial charge in [-0.1, -0.05) is 24.3 Å². The van der Waals surface area contributed by atoms with E-state index in [1.54, 1.807) is 30.3 Å². The van der Waals surface area contributed by atoms with Crippen LogP contribution in [0.2, 0.25) is 0 Å². The highest BCUT2D eigenvalue weighted by Crippen LogP contribution is 2.24. The highest BCUT2D eigenvalue weighted by Gasteiger charge is 2.17. The number of amides is 1. The highest BCUT2D eigenvalue weighted by atomic mass is 32.2. The number of ether oxygens (including phenoxy) is 1. The fourth-order valence-electron chi connectivity index (χ4n) is 3.33. The molecule has 0 saturated carbocycles. The first kappa shape index (κ1) is 25.3. The maximum absolute atomic E-state index is 12.8. The van der Waals surface area contributed by atoms with Crippen molar-refractivity contribution in [2.75, 3.05) is 16.6 Å². The van der Waals surface area contributed by atoms with Crippen LogP contribution in [-0.4, -0.2) is 33.9 Å². The summed E-state index contributed by atoms with van der Waals surface area (Å²) in [7, 11) is -1.90. The fourth-order valence-corrected chi connectivity index (χ4v) is 4.75. The van der Waals surface area contributed by atoms with Crippen molar-refractivity contribution in [1.29, 1.82) is 0 Å². The molecule has 1 amide bonds. The Morgan fingerprint density at radius 2 is 1.68 bits per heavy atom. The van der Waals surface area contributed by atoms with E-state index in [4.69, 9.17) is 17.0 Å². The molecule has 0 aliphatic rings. The maximum atomic E-state index is 12.8. The lowest BCUT2D eigenvalue weighted by atomic mass is 9.93. The van der Waals surface area contributed by atoms with Crippen LogP contribution in [0.1, 0.15) is 28.4 Å². The van der Waals surface area contributed by atoms with Crippen molar-refractivity contribution in [3.8, 4) is 5.75 Å². The van der Waals surface area contributed by atoms with Crippen LogP contribution in [0.3, 0.4) is 0 Å². The van der Waals surface area contributed by atoms with Gasteiger partial charge in [-0.05, 0) is 86.0 Å². The quantitative estimate of drug-likeness (QED) is 0.345. The Morgan fingerprint density at radius 3 is 2.26 bits per heavy atom. The van der Waals surface area contributed by atoms with Gasteiger partial charge in [-0.2, -0.15) is 0 Å². The second-order valence-electron chi connectivity index (χ2n) is 7.72. The largest absolute Gasteiger partial charge is 0.494 e. The molecule has 0 saturated heterocycles. The number of anilines is 2. The SMILES string of the molecule is Bc1cc(C(=O)NC(=S)Nc2ccc(S(=O)(=O)Nc3c(C)cccc3C)cc2)ccc1OCC. The number of aryl methyl sites for hydroxylation is 2. The van der Waals surface area contributed by atoms with E-state index in [0.717, 1.165) is 22.3 Å². The third-order valence-corrected chi connectivity index (χ3v) is 6.67. The molecule has 0 radical (unpaired) electrons. The molecule has 0 aromatic heterocycles. The molecule has 0 fully saturated rings. The second kappa shape index (κ2) is 10.7. The number of rotatable bonds is 7. The Morgan fingerprint density at radius 1 is 1.03 bits per heavy atom. The second-order valence-corrected chi connectivity index (χ2v) is 9.81. The standard InChI is InChI=1S/C24H26BN3O4S2/c1-4-32-21-13-8-17(14-20(21)25)23(29)27-24(33)26-18-9-11-19(12-10-18)34(30,31)28-22-15(2)6-5-7-16(22)3/h5-14,28H,4,25H2,1-3H3,(H2,26,27,29,33). The van der Waals surface area contributed by atoms with Crippen LogP contribution >= 0.6 is 12.2 Å². The summed E-state index contributed by atoms with van der Waals surface area (Å²) in [6.45, 7) is 6.14. The van der Waals surface area contributed by atoms with Crippen molar-refractivity contribution in [3.05, 3.63) is 77.4 Å². The summed E-state index contributed by atoms with van der Waals surface area (Å²) in [5.74, 6) is 0.363. The number of benzene rings is 3. The molecule has 3 N–H and O–H groups in total. The minimum absolute atomic E-state index is 0.0980. The fraction of sp³-hybridized carbons (Fsp3) is 0.167. The molecule has 0 spiro atoms. The zero-order valence-corrected chi connectivity index (χ0v) is 21.1. The molecule has 3 aromatic carbocycles. The van der Waals surface area contributed by atoms with Gasteiger partial charge >= 0.3 is 0 Å². The summed E-state index contributed by atoms with van der Waals surface area (Å²) in [5.41, 5.74) is 4.08. The van der Waals surface area contributed by atoms with E-state index in [0.29, 0.717) is 23.5 Å². The zero-order valence-electron chi connectivity index (χ0n) is 19.4. The van der Waals surface area contributed by atoms with Crippen LogP contribution in [0.25, 0.3) is 0 Å². The van der Waals surface area contributed by atoms with Crippen LogP contribution in [0.15, 0.2) is 65.6 Å². The van der Waals surface area contributed by atoms with Crippen molar-refractivity contribution in [2.24, 2.45) is 0 Å². The summed E-state index contributed by atoms with van der Waals surface area (Å²) in [4.78, 5) is 12.6. The third kappa shape index (κ3) is 6.15. The Kier molecular flexibility index (Phi) is 7.96. The minimum atomic E-state index is -3.76. The van der Waals surface area contributed by atoms with Gasteiger partial charge in [-0.3, -0.25) is 14.8 Å². The van der Waals surface area contributed by atoms with Crippen molar-refractivity contribution in [1.82, 2.24) is 5.32 Å². The molecule has 0 atom stereocenters. The Balaban J connectivity index is 1.64. The van der Waals surface area contributed by atoms with Crippen LogP contribution in [0, 0.1) is 13.8 Å². The molecular formula is C24H26BN3O4S2. The molecule has 0 aliphatic carbocycles. The summed E-state index contributed by atoms with van der Waals surface area (Å²) in [6.07, 6.45) is 0. The van der Waals surface area contributed by atoms with Gasteiger partial charge < -0.3 is 10.1 Å². The predicted octanol–water partition coefficient (Wildman–Crippen LogP) is 2.89. The first-order chi connectivity index (χ1) is 16.1. The number of nitrogens with one attached hydrogen (secondary N) is 3. The predicted molar refractivity (Wildman–Crippen MR) is 143 cm³/mol. The zero-order chi connectivity index (χ0) is 24.9. The molecule has 10 heteroatoms. The number of carbonyl (C=O) groups is 1. The van der Waals surface area contributed by atoms with E-state index >= 15 is 0 Å². The first-order valence-electron chi connectivity index (χ1n) is 10.7. The van der Waals surface area contributed by atoms with Crippen LogP contribution in [-0.2, 0) is 10.0 Å². The smallest absolute Gasteiger partial charge is 0.261 e. The average molecular weight is 495 g/mol. The summed E-state index contributed by atoms with van der Waals surface area (Å²) < 4.78 is 33.8. The Labute approximate surface area is 206 Å². The van der Waals surface area contributed by atoms with Gasteiger partial charge in [-0.15, -0.1) is 0 Å². The van der Waals surface area contributed by atoms with Crippen molar-refractivity contribution in [3.63, 3.8) is 0 Å². The van der Waals surface area contributed by atoms with E-state index in [1.807, 2.05) is 46.8 Å². The van der Waals surface area contributed by atoms with E-state index in [-0.39, 0.29) is 15.9 Å². The van der Waals surface area contributed by atoms with E-state index in [1.165, 1.54) is 12.1 Å². The molecule has 176 valence electrons. The summed E-state index contributed by atoms with van der Waals surface area (Å²) in [6, 6.07) is 16.8. The molecule has 34 heavy (non-hydrogen) atoms. The van der Waals surface area contributed by atoms with E-state index in [9.17, 15) is 13.2 Å². The van der Waals surface area contributed by atoms with Crippen molar-refractivity contribution >= 4 is 57.9 Å². The summed E-state index contributed by atoms with van der Waals surface area (Å²) in [5, 5.41) is 5.62. The maximum Gasteiger partial charge on any atom is 0.261 e. The van der Waals surface area contributed by atoms with Gasteiger partial charge in [0, 0.05) is 11.3 Å². The molecule has 7 nitrogen and oxygen atoms in total. The highest BCUT2D eigenvalue weighted by molar-refractivity contribution is 7.92. The topological polar surface area (TPSA) is 96.5 Å². The van der Waals surface area contributed by atoms with Gasteiger partial charge in [-0.25, -0.2) is 8.42 Å². The van der Waals surface area contributed by atoms with Gasteiger partial charge in [0.2, 0.25) is 0 Å². The lowest BCUT2D eigenvalue weighted by Gasteiger charge is -2.14. The number of para-hydroxylation sites is 1. The van der Waals surface area contributed by atoms with E-state index in [2.05, 4.69) is 15.4 Å². The summed E-state index contributed by atoms with van der Waals surface area (Å²) >= 11 is 5.24. The van der Waals surface area contributed by atoms with Crippen molar-refractivity contribution < 1.29 is 17.9 Å². The first-order valence-corrected chi connectivity index (χ1v) is 12.5. The third-order valence-electron chi connectivity index (χ3n) is 5.10. The average Bonchev–Trinajstić information content (AvgIpc) is 2.78. The minimum Gasteiger partial charge on any atom is -0.494 e. The van der Waals surface area contributed by atoms with E-state index < -0.39 is 10.0 Å². The number of sulfonamides is 1. The van der Waals surface area contributed by atoms with Gasteiger partial charge in [0.25, 0.3) is 15.9 Å².